The van der Waals surface area contributed by atoms with Crippen molar-refractivity contribution in [3.05, 3.63) is 60.2 Å². The summed E-state index contributed by atoms with van der Waals surface area (Å²) >= 11 is 0. The molecule has 0 bridgehead atoms. The highest BCUT2D eigenvalue weighted by atomic mass is 16.5. The first-order valence-corrected chi connectivity index (χ1v) is 11.5. The standard InChI is InChI=1S/C26H30N2O4/c1-31-22-11-9-20(10-12-22)26(13-5-6-14-26)24(30)27-16-15-25(18-27)19-28(23(29)17-32-25)21-7-3-2-4-8-21/h2-4,7-12H,5-6,13-19H2,1H3/t25-/m0/s1. The van der Waals surface area contributed by atoms with Gasteiger partial charge in [-0.3, -0.25) is 9.59 Å². The van der Waals surface area contributed by atoms with E-state index in [-0.39, 0.29) is 18.4 Å². The van der Waals surface area contributed by atoms with Crippen molar-refractivity contribution in [3.63, 3.8) is 0 Å². The SMILES string of the molecule is COc1ccc(C2(C(=O)N3CC[C@]4(C3)CN(c3ccccc3)C(=O)CO4)CCCC2)cc1. The molecule has 2 aromatic rings. The summed E-state index contributed by atoms with van der Waals surface area (Å²) in [4.78, 5) is 30.3. The molecule has 6 nitrogen and oxygen atoms in total. The molecule has 32 heavy (non-hydrogen) atoms. The lowest BCUT2D eigenvalue weighted by atomic mass is 9.77. The Morgan fingerprint density at radius 3 is 2.38 bits per heavy atom. The van der Waals surface area contributed by atoms with Crippen molar-refractivity contribution in [1.29, 1.82) is 0 Å². The molecule has 6 heteroatoms. The molecule has 2 aliphatic heterocycles. The lowest BCUT2D eigenvalue weighted by Crippen LogP contribution is -2.57. The van der Waals surface area contributed by atoms with Crippen molar-refractivity contribution in [1.82, 2.24) is 4.90 Å². The second-order valence-corrected chi connectivity index (χ2v) is 9.28. The summed E-state index contributed by atoms with van der Waals surface area (Å²) in [6.45, 7) is 1.73. The third kappa shape index (κ3) is 3.56. The van der Waals surface area contributed by atoms with Gasteiger partial charge in [0.15, 0.2) is 0 Å². The lowest BCUT2D eigenvalue weighted by Gasteiger charge is -2.40. The Hall–Kier alpha value is -2.86. The highest BCUT2D eigenvalue weighted by Gasteiger charge is 2.51. The third-order valence-electron chi connectivity index (χ3n) is 7.43. The van der Waals surface area contributed by atoms with E-state index in [1.807, 2.05) is 64.4 Å². The molecule has 3 fully saturated rings. The smallest absolute Gasteiger partial charge is 0.253 e. The van der Waals surface area contributed by atoms with E-state index in [0.717, 1.165) is 49.1 Å². The number of nitrogens with zero attached hydrogens (tertiary/aromatic N) is 2. The molecule has 2 amide bonds. The zero-order valence-corrected chi connectivity index (χ0v) is 18.6. The largest absolute Gasteiger partial charge is 0.497 e. The van der Waals surface area contributed by atoms with Crippen LogP contribution in [0, 0.1) is 0 Å². The minimum Gasteiger partial charge on any atom is -0.497 e. The minimum absolute atomic E-state index is 0.0305. The molecule has 3 aliphatic rings. The van der Waals surface area contributed by atoms with Crippen molar-refractivity contribution in [2.75, 3.05) is 38.3 Å². The number of hydrogen-bond donors (Lipinski definition) is 0. The summed E-state index contributed by atoms with van der Waals surface area (Å²) in [5.74, 6) is 0.969. The zero-order chi connectivity index (χ0) is 22.2. The topological polar surface area (TPSA) is 59.1 Å². The second-order valence-electron chi connectivity index (χ2n) is 9.28. The highest BCUT2D eigenvalue weighted by Crippen LogP contribution is 2.44. The Morgan fingerprint density at radius 1 is 0.969 bits per heavy atom. The number of morpholine rings is 1. The number of hydrogen-bond acceptors (Lipinski definition) is 4. The van der Waals surface area contributed by atoms with Crippen LogP contribution in [-0.2, 0) is 19.7 Å². The molecular weight excluding hydrogens is 404 g/mol. The van der Waals surface area contributed by atoms with E-state index in [0.29, 0.717) is 19.6 Å². The van der Waals surface area contributed by atoms with Gasteiger partial charge in [-0.1, -0.05) is 43.2 Å². The Bertz CT molecular complexity index is 985. The zero-order valence-electron chi connectivity index (χ0n) is 18.6. The molecule has 2 aromatic carbocycles. The van der Waals surface area contributed by atoms with E-state index < -0.39 is 11.0 Å². The van der Waals surface area contributed by atoms with Crippen LogP contribution in [0.25, 0.3) is 0 Å². The van der Waals surface area contributed by atoms with Crippen LogP contribution in [0.2, 0.25) is 0 Å². The number of anilines is 1. The van der Waals surface area contributed by atoms with Crippen molar-refractivity contribution < 1.29 is 19.1 Å². The molecule has 0 aromatic heterocycles. The maximum Gasteiger partial charge on any atom is 0.253 e. The van der Waals surface area contributed by atoms with E-state index >= 15 is 0 Å². The fourth-order valence-corrected chi connectivity index (χ4v) is 5.64. The van der Waals surface area contributed by atoms with Crippen molar-refractivity contribution in [2.24, 2.45) is 0 Å². The van der Waals surface area contributed by atoms with Crippen LogP contribution in [0.5, 0.6) is 5.75 Å². The molecule has 5 rings (SSSR count). The van der Waals surface area contributed by atoms with E-state index in [4.69, 9.17) is 9.47 Å². The van der Waals surface area contributed by atoms with Crippen LogP contribution in [0.4, 0.5) is 5.69 Å². The fourth-order valence-electron chi connectivity index (χ4n) is 5.64. The molecule has 0 N–H and O–H groups in total. The van der Waals surface area contributed by atoms with Gasteiger partial charge in [-0.2, -0.15) is 0 Å². The molecule has 2 saturated heterocycles. The summed E-state index contributed by atoms with van der Waals surface area (Å²) in [5, 5.41) is 0. The summed E-state index contributed by atoms with van der Waals surface area (Å²) in [6.07, 6.45) is 4.61. The van der Waals surface area contributed by atoms with Crippen LogP contribution in [0.1, 0.15) is 37.7 Å². The van der Waals surface area contributed by atoms with Gasteiger partial charge in [0.1, 0.15) is 18.0 Å². The monoisotopic (exact) mass is 434 g/mol. The normalized spacial score (nSPS) is 24.8. The molecule has 1 aliphatic carbocycles. The highest BCUT2D eigenvalue weighted by molar-refractivity contribution is 5.95. The predicted octanol–water partition coefficient (Wildman–Crippen LogP) is 3.54. The van der Waals surface area contributed by atoms with Crippen molar-refractivity contribution in [3.8, 4) is 5.75 Å². The predicted molar refractivity (Wildman–Crippen MR) is 122 cm³/mol. The maximum absolute atomic E-state index is 13.9. The van der Waals surface area contributed by atoms with Gasteiger partial charge in [-0.05, 0) is 49.1 Å². The number of benzene rings is 2. The number of ether oxygens (including phenoxy) is 2. The molecule has 1 atom stereocenters. The number of carbonyl (C=O) groups is 2. The first kappa shape index (κ1) is 21.0. The van der Waals surface area contributed by atoms with E-state index in [1.54, 1.807) is 7.11 Å². The number of methoxy groups -OCH3 is 1. The second kappa shape index (κ2) is 8.24. The molecular formula is C26H30N2O4. The average Bonchev–Trinajstić information content (AvgIpc) is 3.50. The Labute approximate surface area is 189 Å². The van der Waals surface area contributed by atoms with Gasteiger partial charge in [-0.15, -0.1) is 0 Å². The van der Waals surface area contributed by atoms with E-state index in [1.165, 1.54) is 0 Å². The van der Waals surface area contributed by atoms with E-state index in [9.17, 15) is 9.59 Å². The quantitative estimate of drug-likeness (QED) is 0.739. The summed E-state index contributed by atoms with van der Waals surface area (Å²) < 4.78 is 11.4. The van der Waals surface area contributed by atoms with Gasteiger partial charge >= 0.3 is 0 Å². The Kier molecular flexibility index (Phi) is 5.41. The molecule has 0 radical (unpaired) electrons. The van der Waals surface area contributed by atoms with Crippen molar-refractivity contribution in [2.45, 2.75) is 43.1 Å². The number of rotatable bonds is 4. The van der Waals surface area contributed by atoms with Crippen LogP contribution in [0.3, 0.4) is 0 Å². The average molecular weight is 435 g/mol. The first-order chi connectivity index (χ1) is 15.6. The molecule has 1 spiro atoms. The van der Waals surface area contributed by atoms with Gasteiger partial charge in [0.2, 0.25) is 5.91 Å². The molecule has 1 saturated carbocycles. The number of amides is 2. The minimum atomic E-state index is -0.501. The van der Waals surface area contributed by atoms with Gasteiger partial charge in [-0.25, -0.2) is 0 Å². The third-order valence-corrected chi connectivity index (χ3v) is 7.43. The number of para-hydroxylation sites is 1. The number of likely N-dealkylation sites (tertiary alicyclic amines) is 1. The van der Waals surface area contributed by atoms with Gasteiger partial charge in [0.25, 0.3) is 5.91 Å². The van der Waals surface area contributed by atoms with Crippen LogP contribution in [-0.4, -0.2) is 55.7 Å². The van der Waals surface area contributed by atoms with Gasteiger partial charge < -0.3 is 19.3 Å². The number of carbonyl (C=O) groups excluding carboxylic acids is 2. The van der Waals surface area contributed by atoms with Crippen LogP contribution < -0.4 is 9.64 Å². The van der Waals surface area contributed by atoms with Gasteiger partial charge in [0.05, 0.1) is 25.6 Å². The fraction of sp³-hybridized carbons (Fsp3) is 0.462. The van der Waals surface area contributed by atoms with Crippen LogP contribution >= 0.6 is 0 Å². The summed E-state index contributed by atoms with van der Waals surface area (Å²) in [7, 11) is 1.66. The molecule has 168 valence electrons. The Morgan fingerprint density at radius 2 is 1.69 bits per heavy atom. The Balaban J connectivity index is 1.37. The summed E-state index contributed by atoms with van der Waals surface area (Å²) in [6, 6.07) is 17.7. The van der Waals surface area contributed by atoms with E-state index in [2.05, 4.69) is 0 Å². The van der Waals surface area contributed by atoms with Gasteiger partial charge in [0, 0.05) is 12.2 Å². The van der Waals surface area contributed by atoms with Crippen molar-refractivity contribution >= 4 is 17.5 Å². The summed E-state index contributed by atoms with van der Waals surface area (Å²) in [5.41, 5.74) is 0.989. The van der Waals surface area contributed by atoms with Crippen LogP contribution in [0.15, 0.2) is 54.6 Å². The first-order valence-electron chi connectivity index (χ1n) is 11.5. The molecule has 2 heterocycles. The molecule has 0 unspecified atom stereocenters. The maximum atomic E-state index is 13.9. The lowest BCUT2D eigenvalue weighted by molar-refractivity contribution is -0.141.